The number of methoxy groups -OCH3 is 1. The molecule has 31 heavy (non-hydrogen) atoms. The summed E-state index contributed by atoms with van der Waals surface area (Å²) in [7, 11) is 1.62. The molecule has 5 nitrogen and oxygen atoms in total. The smallest absolute Gasteiger partial charge is 0.242 e. The molecule has 2 aromatic rings. The van der Waals surface area contributed by atoms with Crippen molar-refractivity contribution >= 4 is 35.2 Å². The topological polar surface area (TPSA) is 58.6 Å². The van der Waals surface area contributed by atoms with E-state index in [1.807, 2.05) is 48.5 Å². The second-order valence-corrected chi connectivity index (χ2v) is 8.74. The monoisotopic (exact) mass is 462 g/mol. The first-order valence-electron chi connectivity index (χ1n) is 10.5. The maximum atomic E-state index is 13.1. The zero-order chi connectivity index (χ0) is 22.6. The Morgan fingerprint density at radius 2 is 1.90 bits per heavy atom. The highest BCUT2D eigenvalue weighted by atomic mass is 35.5. The Bertz CT molecular complexity index is 845. The number of thioether (sulfide) groups is 1. The van der Waals surface area contributed by atoms with Gasteiger partial charge in [-0.25, -0.2) is 0 Å². The quantitative estimate of drug-likeness (QED) is 0.455. The maximum Gasteiger partial charge on any atom is 0.242 e. The van der Waals surface area contributed by atoms with Gasteiger partial charge in [0.15, 0.2) is 0 Å². The van der Waals surface area contributed by atoms with Crippen LogP contribution in [0.25, 0.3) is 0 Å². The Morgan fingerprint density at radius 3 is 2.55 bits per heavy atom. The fourth-order valence-corrected chi connectivity index (χ4v) is 4.08. The number of hydrogen-bond donors (Lipinski definition) is 1. The van der Waals surface area contributed by atoms with Crippen molar-refractivity contribution in [2.45, 2.75) is 45.0 Å². The highest BCUT2D eigenvalue weighted by molar-refractivity contribution is 7.99. The highest BCUT2D eigenvalue weighted by Gasteiger charge is 2.25. The van der Waals surface area contributed by atoms with Crippen molar-refractivity contribution in [2.75, 3.05) is 19.4 Å². The number of carbonyl (C=O) groups is 2. The summed E-state index contributed by atoms with van der Waals surface area (Å²) in [6, 6.07) is 14.6. The van der Waals surface area contributed by atoms with Crippen LogP contribution in [0, 0.1) is 0 Å². The summed E-state index contributed by atoms with van der Waals surface area (Å²) in [4.78, 5) is 27.4. The van der Waals surface area contributed by atoms with E-state index in [1.165, 1.54) is 11.8 Å². The summed E-state index contributed by atoms with van der Waals surface area (Å²) < 4.78 is 5.21. The van der Waals surface area contributed by atoms with Gasteiger partial charge in [-0.1, -0.05) is 49.2 Å². The zero-order valence-corrected chi connectivity index (χ0v) is 20.0. The van der Waals surface area contributed by atoms with E-state index in [2.05, 4.69) is 12.2 Å². The van der Waals surface area contributed by atoms with Crippen LogP contribution in [0.2, 0.25) is 5.02 Å². The molecular weight excluding hydrogens is 432 g/mol. The number of hydrogen-bond acceptors (Lipinski definition) is 4. The third-order valence-electron chi connectivity index (χ3n) is 4.89. The lowest BCUT2D eigenvalue weighted by molar-refractivity contribution is -0.138. The normalized spacial score (nSPS) is 11.6. The van der Waals surface area contributed by atoms with Crippen LogP contribution in [0.4, 0.5) is 0 Å². The molecule has 2 aromatic carbocycles. The van der Waals surface area contributed by atoms with Crippen LogP contribution < -0.4 is 10.1 Å². The van der Waals surface area contributed by atoms with Gasteiger partial charge in [0.05, 0.1) is 12.9 Å². The lowest BCUT2D eigenvalue weighted by Gasteiger charge is -2.29. The third-order valence-corrected chi connectivity index (χ3v) is 6.12. The molecule has 0 fully saturated rings. The predicted molar refractivity (Wildman–Crippen MR) is 129 cm³/mol. The molecule has 2 rings (SSSR count). The van der Waals surface area contributed by atoms with E-state index in [0.717, 1.165) is 29.7 Å². The van der Waals surface area contributed by atoms with Crippen LogP contribution in [0.1, 0.15) is 37.8 Å². The van der Waals surface area contributed by atoms with Gasteiger partial charge >= 0.3 is 0 Å². The molecule has 1 atom stereocenters. The van der Waals surface area contributed by atoms with Crippen molar-refractivity contribution in [3.63, 3.8) is 0 Å². The fraction of sp³-hybridized carbons (Fsp3) is 0.417. The van der Waals surface area contributed by atoms with Gasteiger partial charge in [-0.3, -0.25) is 9.59 Å². The van der Waals surface area contributed by atoms with Crippen molar-refractivity contribution in [2.24, 2.45) is 0 Å². The number of carbonyl (C=O) groups excluding carboxylic acids is 2. The van der Waals surface area contributed by atoms with Crippen molar-refractivity contribution in [1.29, 1.82) is 0 Å². The average Bonchev–Trinajstić information content (AvgIpc) is 2.77. The number of rotatable bonds is 12. The lowest BCUT2D eigenvalue weighted by Crippen LogP contribution is -2.48. The number of unbranched alkanes of at least 4 members (excludes halogenated alkanes) is 1. The Morgan fingerprint density at radius 1 is 1.16 bits per heavy atom. The fourth-order valence-electron chi connectivity index (χ4n) is 3.01. The van der Waals surface area contributed by atoms with Crippen LogP contribution in [-0.2, 0) is 21.9 Å². The lowest BCUT2D eigenvalue weighted by atomic mass is 10.1. The maximum absolute atomic E-state index is 13.1. The number of halogens is 1. The number of ether oxygens (including phenoxy) is 1. The molecule has 0 heterocycles. The summed E-state index contributed by atoms with van der Waals surface area (Å²) in [5.41, 5.74) is 2.01. The number of benzene rings is 2. The molecule has 0 spiro atoms. The minimum absolute atomic E-state index is 0.0685. The van der Waals surface area contributed by atoms with Crippen molar-refractivity contribution < 1.29 is 14.3 Å². The van der Waals surface area contributed by atoms with Crippen LogP contribution in [-0.4, -0.2) is 42.2 Å². The number of nitrogens with one attached hydrogen (secondary N) is 1. The summed E-state index contributed by atoms with van der Waals surface area (Å²) in [6.07, 6.45) is 1.92. The van der Waals surface area contributed by atoms with Crippen molar-refractivity contribution in [1.82, 2.24) is 10.2 Å². The Labute approximate surface area is 194 Å². The molecule has 0 saturated heterocycles. The third kappa shape index (κ3) is 8.46. The average molecular weight is 463 g/mol. The highest BCUT2D eigenvalue weighted by Crippen LogP contribution is 2.19. The van der Waals surface area contributed by atoms with Crippen LogP contribution >= 0.6 is 23.4 Å². The molecule has 7 heteroatoms. The minimum Gasteiger partial charge on any atom is -0.497 e. The van der Waals surface area contributed by atoms with E-state index in [1.54, 1.807) is 18.9 Å². The first kappa shape index (κ1) is 25.1. The summed E-state index contributed by atoms with van der Waals surface area (Å²) >= 11 is 7.56. The molecule has 1 N–H and O–H groups in total. The molecule has 168 valence electrons. The van der Waals surface area contributed by atoms with Gasteiger partial charge < -0.3 is 15.0 Å². The molecule has 0 saturated carbocycles. The van der Waals surface area contributed by atoms with E-state index in [9.17, 15) is 9.59 Å². The largest absolute Gasteiger partial charge is 0.497 e. The number of nitrogens with zero attached hydrogens (tertiary/aromatic N) is 1. The summed E-state index contributed by atoms with van der Waals surface area (Å²) in [5.74, 6) is 1.52. The van der Waals surface area contributed by atoms with Gasteiger partial charge in [-0.05, 0) is 48.7 Å². The van der Waals surface area contributed by atoms with E-state index in [-0.39, 0.29) is 17.6 Å². The van der Waals surface area contributed by atoms with Gasteiger partial charge in [-0.2, -0.15) is 0 Å². The SMILES string of the molecule is CCCCNC(=O)[C@H](C)N(Cc1ccc(OC)cc1)C(=O)CSCc1cccc(Cl)c1. The van der Waals surface area contributed by atoms with Gasteiger partial charge in [-0.15, -0.1) is 11.8 Å². The Balaban J connectivity index is 2.04. The molecule has 0 bridgehead atoms. The molecule has 0 aliphatic heterocycles. The first-order chi connectivity index (χ1) is 14.9. The zero-order valence-electron chi connectivity index (χ0n) is 18.4. The second kappa shape index (κ2) is 13.3. The summed E-state index contributed by atoms with van der Waals surface area (Å²) in [5, 5.41) is 3.62. The van der Waals surface area contributed by atoms with Crippen molar-refractivity contribution in [3.05, 3.63) is 64.7 Å². The van der Waals surface area contributed by atoms with Gasteiger partial charge in [0.2, 0.25) is 11.8 Å². The van der Waals surface area contributed by atoms with Crippen LogP contribution in [0.15, 0.2) is 48.5 Å². The van der Waals surface area contributed by atoms with Gasteiger partial charge in [0, 0.05) is 23.9 Å². The van der Waals surface area contributed by atoms with Gasteiger partial charge in [0.1, 0.15) is 11.8 Å². The van der Waals surface area contributed by atoms with Crippen molar-refractivity contribution in [3.8, 4) is 5.75 Å². The molecule has 0 radical (unpaired) electrons. The summed E-state index contributed by atoms with van der Waals surface area (Å²) in [6.45, 7) is 4.84. The Hall–Kier alpha value is -2.18. The van der Waals surface area contributed by atoms with Crippen LogP contribution in [0.5, 0.6) is 5.75 Å². The molecule has 2 amide bonds. The standard InChI is InChI=1S/C24H31ClN2O3S/c1-4-5-13-26-24(29)18(2)27(15-19-9-11-22(30-3)12-10-19)23(28)17-31-16-20-7-6-8-21(25)14-20/h6-12,14,18H,4-5,13,15-17H2,1-3H3,(H,26,29)/t18-/m0/s1. The molecule has 0 aliphatic carbocycles. The molecule has 0 unspecified atom stereocenters. The van der Waals surface area contributed by atoms with E-state index in [4.69, 9.17) is 16.3 Å². The predicted octanol–water partition coefficient (Wildman–Crippen LogP) is 4.92. The molecule has 0 aromatic heterocycles. The number of amides is 2. The molecular formula is C24H31ClN2O3S. The second-order valence-electron chi connectivity index (χ2n) is 7.31. The van der Waals surface area contributed by atoms with Gasteiger partial charge in [0.25, 0.3) is 0 Å². The Kier molecular flexibility index (Phi) is 10.7. The van der Waals surface area contributed by atoms with E-state index < -0.39 is 6.04 Å². The first-order valence-corrected chi connectivity index (χ1v) is 12.0. The minimum atomic E-state index is -0.557. The van der Waals surface area contributed by atoms with E-state index >= 15 is 0 Å². The molecule has 0 aliphatic rings. The van der Waals surface area contributed by atoms with E-state index in [0.29, 0.717) is 23.9 Å². The van der Waals surface area contributed by atoms with Crippen LogP contribution in [0.3, 0.4) is 0 Å².